The quantitative estimate of drug-likeness (QED) is 0.449. The van der Waals surface area contributed by atoms with E-state index in [4.69, 9.17) is 23.2 Å². The fourth-order valence-corrected chi connectivity index (χ4v) is 3.63. The minimum atomic E-state index is -0.397. The maximum Gasteiger partial charge on any atom is 0.248 e. The van der Waals surface area contributed by atoms with Crippen LogP contribution in [0.1, 0.15) is 37.4 Å². The van der Waals surface area contributed by atoms with Crippen LogP contribution in [0.15, 0.2) is 66.7 Å². The summed E-state index contributed by atoms with van der Waals surface area (Å²) < 4.78 is 0. The zero-order chi connectivity index (χ0) is 20.5. The van der Waals surface area contributed by atoms with Crippen LogP contribution in [0.25, 0.3) is 6.08 Å². The molecule has 0 heterocycles. The van der Waals surface area contributed by atoms with Gasteiger partial charge in [0.1, 0.15) is 0 Å². The molecule has 0 fully saturated rings. The van der Waals surface area contributed by atoms with Crippen LogP contribution in [0.2, 0.25) is 10.0 Å². The second kappa shape index (κ2) is 7.66. The molecule has 0 aromatic heterocycles. The maximum atomic E-state index is 12.8. The molecule has 1 amide bonds. The molecule has 0 saturated carbocycles. The highest BCUT2D eigenvalue weighted by molar-refractivity contribution is 6.35. The fraction of sp³-hybridized carbons (Fsp3) is 0. The first-order valence-electron chi connectivity index (χ1n) is 8.70. The van der Waals surface area contributed by atoms with Crippen LogP contribution in [0.3, 0.4) is 0 Å². The van der Waals surface area contributed by atoms with Gasteiger partial charge in [-0.2, -0.15) is 0 Å². The number of rotatable bonds is 3. The largest absolute Gasteiger partial charge is 0.322 e. The highest BCUT2D eigenvalue weighted by Crippen LogP contribution is 2.29. The summed E-state index contributed by atoms with van der Waals surface area (Å²) in [6.07, 6.45) is 2.90. The van der Waals surface area contributed by atoms with Crippen LogP contribution in [0.4, 0.5) is 5.69 Å². The van der Waals surface area contributed by atoms with Gasteiger partial charge < -0.3 is 5.32 Å². The van der Waals surface area contributed by atoms with Gasteiger partial charge in [-0.25, -0.2) is 0 Å². The van der Waals surface area contributed by atoms with E-state index in [0.29, 0.717) is 38.0 Å². The van der Waals surface area contributed by atoms with E-state index in [0.717, 1.165) is 0 Å². The molecule has 0 spiro atoms. The van der Waals surface area contributed by atoms with Crippen LogP contribution in [0.5, 0.6) is 0 Å². The van der Waals surface area contributed by atoms with Crippen molar-refractivity contribution < 1.29 is 14.4 Å². The van der Waals surface area contributed by atoms with Crippen molar-refractivity contribution in [2.75, 3.05) is 5.32 Å². The Labute approximate surface area is 176 Å². The summed E-state index contributed by atoms with van der Waals surface area (Å²) >= 11 is 11.9. The van der Waals surface area contributed by atoms with Crippen molar-refractivity contribution >= 4 is 52.4 Å². The normalized spacial score (nSPS) is 12.6. The van der Waals surface area contributed by atoms with Gasteiger partial charge in [-0.1, -0.05) is 53.5 Å². The summed E-state index contributed by atoms with van der Waals surface area (Å²) in [6, 6.07) is 16.3. The lowest BCUT2D eigenvalue weighted by Gasteiger charge is -2.18. The third kappa shape index (κ3) is 3.73. The topological polar surface area (TPSA) is 63.2 Å². The number of halogens is 2. The van der Waals surface area contributed by atoms with E-state index in [1.54, 1.807) is 60.7 Å². The van der Waals surface area contributed by atoms with Crippen molar-refractivity contribution in [1.82, 2.24) is 0 Å². The van der Waals surface area contributed by atoms with Crippen LogP contribution in [0, 0.1) is 0 Å². The predicted molar refractivity (Wildman–Crippen MR) is 114 cm³/mol. The molecule has 0 atom stereocenters. The molecule has 1 aliphatic carbocycles. The number of nitrogens with one attached hydrogen (secondary N) is 1. The summed E-state index contributed by atoms with van der Waals surface area (Å²) in [7, 11) is 0. The Morgan fingerprint density at radius 1 is 0.793 bits per heavy atom. The van der Waals surface area contributed by atoms with Gasteiger partial charge in [0.2, 0.25) is 5.91 Å². The number of fused-ring (bicyclic) bond motifs is 2. The van der Waals surface area contributed by atoms with Gasteiger partial charge in [-0.05, 0) is 42.0 Å². The van der Waals surface area contributed by atoms with Crippen LogP contribution < -0.4 is 5.32 Å². The van der Waals surface area contributed by atoms with Crippen molar-refractivity contribution in [1.29, 1.82) is 0 Å². The summed E-state index contributed by atoms with van der Waals surface area (Å²) in [4.78, 5) is 37.6. The Morgan fingerprint density at radius 3 is 2.14 bits per heavy atom. The van der Waals surface area contributed by atoms with E-state index in [-0.39, 0.29) is 17.1 Å². The third-order valence-electron chi connectivity index (χ3n) is 4.57. The number of carbonyl (C=O) groups is 3. The van der Waals surface area contributed by atoms with Crippen LogP contribution >= 0.6 is 23.2 Å². The maximum absolute atomic E-state index is 12.8. The number of hydrogen-bond acceptors (Lipinski definition) is 3. The van der Waals surface area contributed by atoms with Crippen LogP contribution in [-0.2, 0) is 4.79 Å². The first kappa shape index (κ1) is 19.1. The third-order valence-corrected chi connectivity index (χ3v) is 5.13. The van der Waals surface area contributed by atoms with Gasteiger partial charge in [0.25, 0.3) is 0 Å². The lowest BCUT2D eigenvalue weighted by molar-refractivity contribution is -0.111. The smallest absolute Gasteiger partial charge is 0.248 e. The van der Waals surface area contributed by atoms with Gasteiger partial charge in [0, 0.05) is 44.1 Å². The summed E-state index contributed by atoms with van der Waals surface area (Å²) in [5, 5.41) is 3.63. The zero-order valence-corrected chi connectivity index (χ0v) is 16.4. The molecular weight excluding hydrogens is 409 g/mol. The fourth-order valence-electron chi connectivity index (χ4n) is 3.16. The van der Waals surface area contributed by atoms with E-state index < -0.39 is 5.91 Å². The number of carbonyl (C=O) groups excluding carboxylic acids is 3. The first-order chi connectivity index (χ1) is 13.9. The number of hydrogen-bond donors (Lipinski definition) is 1. The molecule has 0 aliphatic heterocycles. The summed E-state index contributed by atoms with van der Waals surface area (Å²) in [5.41, 5.74) is 2.43. The Morgan fingerprint density at radius 2 is 1.45 bits per heavy atom. The van der Waals surface area contributed by atoms with Crippen molar-refractivity contribution in [3.05, 3.63) is 105 Å². The van der Waals surface area contributed by atoms with Gasteiger partial charge in [-0.3, -0.25) is 14.4 Å². The summed E-state index contributed by atoms with van der Waals surface area (Å²) in [5.74, 6) is -0.842. The molecule has 4 nitrogen and oxygen atoms in total. The molecule has 0 radical (unpaired) electrons. The monoisotopic (exact) mass is 421 g/mol. The molecule has 3 aromatic rings. The molecule has 1 aliphatic rings. The van der Waals surface area contributed by atoms with Gasteiger partial charge in [0.15, 0.2) is 11.6 Å². The molecular formula is C23H13Cl2NO3. The minimum absolute atomic E-state index is 0.203. The molecule has 1 N–H and O–H groups in total. The Kier molecular flexibility index (Phi) is 5.05. The molecule has 3 aromatic carbocycles. The highest BCUT2D eigenvalue weighted by Gasteiger charge is 2.29. The second-order valence-corrected chi connectivity index (χ2v) is 7.30. The number of amides is 1. The minimum Gasteiger partial charge on any atom is -0.322 e. The molecule has 29 heavy (non-hydrogen) atoms. The van der Waals surface area contributed by atoms with Gasteiger partial charge >= 0.3 is 0 Å². The standard InChI is InChI=1S/C23H13Cl2NO3/c24-14-7-5-13(20(25)11-14)6-10-21(27)26-15-8-9-18-19(12-15)23(29)17-4-2-1-3-16(17)22(18)28/h1-12H,(H,26,27)/b10-6+. The van der Waals surface area contributed by atoms with Crippen LogP contribution in [-0.4, -0.2) is 17.5 Å². The van der Waals surface area contributed by atoms with Gasteiger partial charge in [0.05, 0.1) is 0 Å². The van der Waals surface area contributed by atoms with E-state index >= 15 is 0 Å². The van der Waals surface area contributed by atoms with E-state index in [2.05, 4.69) is 5.32 Å². The van der Waals surface area contributed by atoms with Gasteiger partial charge in [-0.15, -0.1) is 0 Å². The zero-order valence-electron chi connectivity index (χ0n) is 14.9. The summed E-state index contributed by atoms with van der Waals surface area (Å²) in [6.45, 7) is 0. The predicted octanol–water partition coefficient (Wildman–Crippen LogP) is 5.42. The number of anilines is 1. The Hall–Kier alpha value is -3.21. The molecule has 6 heteroatoms. The molecule has 142 valence electrons. The van der Waals surface area contributed by atoms with Crippen molar-refractivity contribution in [3.63, 3.8) is 0 Å². The number of benzene rings is 3. The molecule has 0 saturated heterocycles. The van der Waals surface area contributed by atoms with Crippen molar-refractivity contribution in [2.45, 2.75) is 0 Å². The average molecular weight is 422 g/mol. The van der Waals surface area contributed by atoms with Crippen molar-refractivity contribution in [3.8, 4) is 0 Å². The SMILES string of the molecule is O=C(/C=C/c1ccc(Cl)cc1Cl)Nc1ccc2c(c1)C(=O)c1ccccc1C2=O. The average Bonchev–Trinajstić information content (AvgIpc) is 2.71. The lowest BCUT2D eigenvalue weighted by Crippen LogP contribution is -2.21. The Balaban J connectivity index is 1.56. The Bertz CT molecular complexity index is 1210. The van der Waals surface area contributed by atoms with E-state index in [9.17, 15) is 14.4 Å². The lowest BCUT2D eigenvalue weighted by atomic mass is 9.84. The molecule has 0 unspecified atom stereocenters. The first-order valence-corrected chi connectivity index (χ1v) is 9.46. The molecule has 4 rings (SSSR count). The van der Waals surface area contributed by atoms with E-state index in [1.807, 2.05) is 0 Å². The van der Waals surface area contributed by atoms with Crippen molar-refractivity contribution in [2.24, 2.45) is 0 Å². The number of ketones is 2. The second-order valence-electron chi connectivity index (χ2n) is 6.45. The molecule has 0 bridgehead atoms. The highest BCUT2D eigenvalue weighted by atomic mass is 35.5. The van der Waals surface area contributed by atoms with E-state index in [1.165, 1.54) is 12.1 Å².